The molecule has 0 aliphatic heterocycles. The minimum atomic E-state index is -3.75. The summed E-state index contributed by atoms with van der Waals surface area (Å²) in [5, 5.41) is 6.60. The first-order valence-corrected chi connectivity index (χ1v) is 8.33. The Morgan fingerprint density at radius 3 is 2.67 bits per heavy atom. The van der Waals surface area contributed by atoms with Gasteiger partial charge in [0.05, 0.1) is 0 Å². The molecule has 0 fully saturated rings. The molecule has 0 bridgehead atoms. The van der Waals surface area contributed by atoms with E-state index in [4.69, 9.17) is 5.73 Å². The number of carbonyl (C=O) groups is 1. The lowest BCUT2D eigenvalue weighted by Gasteiger charge is -2.08. The van der Waals surface area contributed by atoms with Crippen molar-refractivity contribution in [3.05, 3.63) is 6.20 Å². The molecule has 0 aliphatic rings. The maximum atomic E-state index is 12.1. The van der Waals surface area contributed by atoms with Crippen LogP contribution in [0.4, 0.5) is 5.82 Å². The summed E-state index contributed by atoms with van der Waals surface area (Å²) in [5.41, 5.74) is 5.59. The number of anilines is 1. The van der Waals surface area contributed by atoms with Crippen molar-refractivity contribution in [2.24, 2.45) is 5.92 Å². The van der Waals surface area contributed by atoms with Crippen molar-refractivity contribution in [2.75, 3.05) is 18.8 Å². The minimum absolute atomic E-state index is 0.0169. The van der Waals surface area contributed by atoms with E-state index in [1.54, 1.807) is 0 Å². The topological polar surface area (TPSA) is 119 Å². The summed E-state index contributed by atoms with van der Waals surface area (Å²) in [7, 11) is -3.75. The Balaban J connectivity index is 2.53. The first-order chi connectivity index (χ1) is 9.76. The summed E-state index contributed by atoms with van der Waals surface area (Å²) < 4.78 is 27.9. The van der Waals surface area contributed by atoms with Gasteiger partial charge in [0, 0.05) is 32.3 Å². The SMILES string of the molecule is CCn1cc(S(=O)(=O)NCCC(=O)NCC(C)C)c(N)n1. The summed E-state index contributed by atoms with van der Waals surface area (Å²) >= 11 is 0. The number of hydrogen-bond acceptors (Lipinski definition) is 5. The molecule has 0 spiro atoms. The first kappa shape index (κ1) is 17.4. The normalized spacial score (nSPS) is 11.8. The number of nitrogens with zero attached hydrogens (tertiary/aromatic N) is 2. The number of nitrogen functional groups attached to an aromatic ring is 1. The average molecular weight is 317 g/mol. The summed E-state index contributed by atoms with van der Waals surface area (Å²) in [6, 6.07) is 0. The molecule has 4 N–H and O–H groups in total. The summed E-state index contributed by atoms with van der Waals surface area (Å²) in [6.07, 6.45) is 1.45. The summed E-state index contributed by atoms with van der Waals surface area (Å²) in [5.74, 6) is 0.113. The Bertz CT molecular complexity index is 580. The van der Waals surface area contributed by atoms with Crippen molar-refractivity contribution in [3.8, 4) is 0 Å². The number of sulfonamides is 1. The van der Waals surface area contributed by atoms with Crippen LogP contribution in [-0.4, -0.2) is 37.2 Å². The van der Waals surface area contributed by atoms with E-state index in [1.807, 2.05) is 20.8 Å². The third-order valence-corrected chi connectivity index (χ3v) is 4.20. The van der Waals surface area contributed by atoms with Crippen LogP contribution >= 0.6 is 0 Å². The number of hydrogen-bond donors (Lipinski definition) is 3. The van der Waals surface area contributed by atoms with Gasteiger partial charge in [0.1, 0.15) is 4.90 Å². The van der Waals surface area contributed by atoms with E-state index in [-0.39, 0.29) is 29.6 Å². The number of aryl methyl sites for hydroxylation is 1. The van der Waals surface area contributed by atoms with Gasteiger partial charge in [-0.15, -0.1) is 0 Å². The fourth-order valence-corrected chi connectivity index (χ4v) is 2.67. The number of nitrogens with one attached hydrogen (secondary N) is 2. The highest BCUT2D eigenvalue weighted by molar-refractivity contribution is 7.89. The lowest BCUT2D eigenvalue weighted by Crippen LogP contribution is -2.32. The molecule has 1 heterocycles. The highest BCUT2D eigenvalue weighted by Crippen LogP contribution is 2.15. The number of nitrogens with two attached hydrogens (primary N) is 1. The molecular weight excluding hydrogens is 294 g/mol. The van der Waals surface area contributed by atoms with Gasteiger partial charge in [0.15, 0.2) is 5.82 Å². The Morgan fingerprint density at radius 1 is 1.48 bits per heavy atom. The van der Waals surface area contributed by atoms with E-state index < -0.39 is 10.0 Å². The Hall–Kier alpha value is -1.61. The Morgan fingerprint density at radius 2 is 2.14 bits per heavy atom. The van der Waals surface area contributed by atoms with E-state index >= 15 is 0 Å². The van der Waals surface area contributed by atoms with Crippen molar-refractivity contribution < 1.29 is 13.2 Å². The standard InChI is InChI=1S/C12H23N5O3S/c1-4-17-8-10(12(13)16-17)21(19,20)15-6-5-11(18)14-7-9(2)3/h8-9,15H,4-7H2,1-3H3,(H2,13,16)(H,14,18). The van der Waals surface area contributed by atoms with Crippen LogP contribution < -0.4 is 15.8 Å². The number of aromatic nitrogens is 2. The highest BCUT2D eigenvalue weighted by atomic mass is 32.2. The van der Waals surface area contributed by atoms with Crippen molar-refractivity contribution in [2.45, 2.75) is 38.6 Å². The molecular formula is C12H23N5O3S. The van der Waals surface area contributed by atoms with Crippen LogP contribution in [-0.2, 0) is 21.4 Å². The fourth-order valence-electron chi connectivity index (χ4n) is 1.57. The van der Waals surface area contributed by atoms with Gasteiger partial charge in [-0.1, -0.05) is 13.8 Å². The molecule has 0 radical (unpaired) electrons. The van der Waals surface area contributed by atoms with Crippen LogP contribution in [0.2, 0.25) is 0 Å². The van der Waals surface area contributed by atoms with Crippen LogP contribution in [0.3, 0.4) is 0 Å². The average Bonchev–Trinajstić information content (AvgIpc) is 2.78. The minimum Gasteiger partial charge on any atom is -0.381 e. The van der Waals surface area contributed by atoms with E-state index in [1.165, 1.54) is 10.9 Å². The number of carbonyl (C=O) groups excluding carboxylic acids is 1. The van der Waals surface area contributed by atoms with Crippen LogP contribution in [0.5, 0.6) is 0 Å². The smallest absolute Gasteiger partial charge is 0.245 e. The van der Waals surface area contributed by atoms with E-state index in [9.17, 15) is 13.2 Å². The van der Waals surface area contributed by atoms with E-state index in [0.29, 0.717) is 19.0 Å². The molecule has 0 saturated carbocycles. The van der Waals surface area contributed by atoms with Crippen molar-refractivity contribution in [3.63, 3.8) is 0 Å². The highest BCUT2D eigenvalue weighted by Gasteiger charge is 2.20. The number of amides is 1. The van der Waals surface area contributed by atoms with E-state index in [0.717, 1.165) is 0 Å². The molecule has 21 heavy (non-hydrogen) atoms. The lowest BCUT2D eigenvalue weighted by molar-refractivity contribution is -0.121. The molecule has 0 saturated heterocycles. The van der Waals surface area contributed by atoms with Crippen LogP contribution in [0.1, 0.15) is 27.2 Å². The predicted molar refractivity (Wildman–Crippen MR) is 80.0 cm³/mol. The van der Waals surface area contributed by atoms with Gasteiger partial charge in [-0.3, -0.25) is 9.48 Å². The molecule has 8 nitrogen and oxygen atoms in total. The maximum Gasteiger partial charge on any atom is 0.245 e. The molecule has 0 aliphatic carbocycles. The molecule has 0 aromatic carbocycles. The van der Waals surface area contributed by atoms with Crippen LogP contribution in [0, 0.1) is 5.92 Å². The first-order valence-electron chi connectivity index (χ1n) is 6.85. The van der Waals surface area contributed by atoms with Crippen molar-refractivity contribution in [1.29, 1.82) is 0 Å². The van der Waals surface area contributed by atoms with Crippen molar-refractivity contribution in [1.82, 2.24) is 19.8 Å². The van der Waals surface area contributed by atoms with Gasteiger partial charge in [0.2, 0.25) is 15.9 Å². The van der Waals surface area contributed by atoms with Gasteiger partial charge in [-0.05, 0) is 12.8 Å². The lowest BCUT2D eigenvalue weighted by atomic mass is 10.2. The molecule has 1 aromatic rings. The monoisotopic (exact) mass is 317 g/mol. The summed E-state index contributed by atoms with van der Waals surface area (Å²) in [4.78, 5) is 11.4. The third-order valence-electron chi connectivity index (χ3n) is 2.72. The fraction of sp³-hybridized carbons (Fsp3) is 0.667. The molecule has 0 unspecified atom stereocenters. The quantitative estimate of drug-likeness (QED) is 0.620. The zero-order valence-corrected chi connectivity index (χ0v) is 13.4. The second-order valence-corrected chi connectivity index (χ2v) is 6.82. The van der Waals surface area contributed by atoms with Gasteiger partial charge < -0.3 is 11.1 Å². The molecule has 0 atom stereocenters. The number of rotatable bonds is 8. The second kappa shape index (κ2) is 7.41. The maximum absolute atomic E-state index is 12.1. The Kier molecular flexibility index (Phi) is 6.16. The molecule has 1 amide bonds. The largest absolute Gasteiger partial charge is 0.381 e. The second-order valence-electron chi connectivity index (χ2n) is 5.08. The van der Waals surface area contributed by atoms with Gasteiger partial charge in [-0.25, -0.2) is 13.1 Å². The molecule has 9 heteroatoms. The predicted octanol–water partition coefficient (Wildman–Crippen LogP) is -0.0742. The van der Waals surface area contributed by atoms with Crippen LogP contribution in [0.25, 0.3) is 0 Å². The molecule has 1 aromatic heterocycles. The van der Waals surface area contributed by atoms with E-state index in [2.05, 4.69) is 15.1 Å². The zero-order chi connectivity index (χ0) is 16.0. The third kappa shape index (κ3) is 5.35. The Labute approximate surface area is 125 Å². The molecule has 120 valence electrons. The molecule has 1 rings (SSSR count). The van der Waals surface area contributed by atoms with Gasteiger partial charge in [0.25, 0.3) is 0 Å². The van der Waals surface area contributed by atoms with Gasteiger partial charge >= 0.3 is 0 Å². The zero-order valence-electron chi connectivity index (χ0n) is 12.6. The summed E-state index contributed by atoms with van der Waals surface area (Å²) in [6.45, 7) is 6.91. The van der Waals surface area contributed by atoms with Gasteiger partial charge in [-0.2, -0.15) is 5.10 Å². The van der Waals surface area contributed by atoms with Crippen LogP contribution in [0.15, 0.2) is 11.1 Å². The van der Waals surface area contributed by atoms with Crippen molar-refractivity contribution >= 4 is 21.7 Å².